The number of benzene rings is 1. The van der Waals surface area contributed by atoms with E-state index in [4.69, 9.17) is 0 Å². The minimum absolute atomic E-state index is 0.0498. The Morgan fingerprint density at radius 2 is 2.05 bits per heavy atom. The molecule has 0 bridgehead atoms. The van der Waals surface area contributed by atoms with Gasteiger partial charge in [-0.1, -0.05) is 26.0 Å². The highest BCUT2D eigenvalue weighted by Crippen LogP contribution is 2.44. The molecule has 0 radical (unpaired) electrons. The van der Waals surface area contributed by atoms with E-state index in [2.05, 4.69) is 11.6 Å². The molecule has 1 aromatic carbocycles. The first kappa shape index (κ1) is 14.2. The highest BCUT2D eigenvalue weighted by molar-refractivity contribution is 7.89. The lowest BCUT2D eigenvalue weighted by Crippen LogP contribution is -2.29. The van der Waals surface area contributed by atoms with Gasteiger partial charge in [0.2, 0.25) is 10.0 Å². The Morgan fingerprint density at radius 1 is 1.37 bits per heavy atom. The Kier molecular flexibility index (Phi) is 3.78. The van der Waals surface area contributed by atoms with Crippen molar-refractivity contribution in [3.8, 4) is 0 Å². The van der Waals surface area contributed by atoms with Crippen LogP contribution in [0.25, 0.3) is 0 Å². The molecule has 19 heavy (non-hydrogen) atoms. The summed E-state index contributed by atoms with van der Waals surface area (Å²) >= 11 is 0. The van der Waals surface area contributed by atoms with Crippen LogP contribution in [0.15, 0.2) is 29.2 Å². The predicted octanol–water partition coefficient (Wildman–Crippen LogP) is 2.36. The SMILES string of the molecule is CCC(=O)c1cccc(S(=O)(=O)NCC2(C)CC2)c1. The van der Waals surface area contributed by atoms with Crippen molar-refractivity contribution in [1.82, 2.24) is 4.72 Å². The van der Waals surface area contributed by atoms with Gasteiger partial charge in [0.1, 0.15) is 0 Å². The second kappa shape index (κ2) is 5.06. The van der Waals surface area contributed by atoms with E-state index in [1.807, 2.05) is 0 Å². The van der Waals surface area contributed by atoms with Gasteiger partial charge in [-0.05, 0) is 30.4 Å². The van der Waals surface area contributed by atoms with Crippen LogP contribution < -0.4 is 4.72 Å². The lowest BCUT2D eigenvalue weighted by molar-refractivity contribution is 0.0988. The van der Waals surface area contributed by atoms with E-state index in [0.29, 0.717) is 18.5 Å². The van der Waals surface area contributed by atoms with E-state index in [0.717, 1.165) is 12.8 Å². The van der Waals surface area contributed by atoms with Crippen molar-refractivity contribution in [1.29, 1.82) is 0 Å². The van der Waals surface area contributed by atoms with E-state index in [9.17, 15) is 13.2 Å². The van der Waals surface area contributed by atoms with Gasteiger partial charge in [0, 0.05) is 18.5 Å². The summed E-state index contributed by atoms with van der Waals surface area (Å²) in [5.41, 5.74) is 0.562. The van der Waals surface area contributed by atoms with E-state index in [-0.39, 0.29) is 16.1 Å². The molecule has 104 valence electrons. The van der Waals surface area contributed by atoms with Crippen LogP contribution in [0.2, 0.25) is 0 Å². The third-order valence-corrected chi connectivity index (χ3v) is 4.98. The number of ketones is 1. The maximum Gasteiger partial charge on any atom is 0.240 e. The average molecular weight is 281 g/mol. The number of carbonyl (C=O) groups is 1. The number of nitrogens with one attached hydrogen (secondary N) is 1. The zero-order valence-electron chi connectivity index (χ0n) is 11.3. The van der Waals surface area contributed by atoms with Crippen LogP contribution in [0.4, 0.5) is 0 Å². The van der Waals surface area contributed by atoms with Crippen molar-refractivity contribution in [3.63, 3.8) is 0 Å². The number of hydrogen-bond donors (Lipinski definition) is 1. The number of Topliss-reactive ketones (excluding diaryl/α,β-unsaturated/α-hetero) is 1. The molecule has 0 heterocycles. The molecule has 0 saturated heterocycles. The van der Waals surface area contributed by atoms with E-state index in [1.54, 1.807) is 19.1 Å². The van der Waals surface area contributed by atoms with Gasteiger partial charge < -0.3 is 0 Å². The van der Waals surface area contributed by atoms with Crippen LogP contribution in [-0.4, -0.2) is 20.7 Å². The van der Waals surface area contributed by atoms with Gasteiger partial charge in [0.05, 0.1) is 4.90 Å². The summed E-state index contributed by atoms with van der Waals surface area (Å²) in [6, 6.07) is 6.22. The molecule has 1 aromatic rings. The van der Waals surface area contributed by atoms with E-state index in [1.165, 1.54) is 12.1 Å². The molecule has 1 aliphatic carbocycles. The average Bonchev–Trinajstić information content (AvgIpc) is 3.14. The van der Waals surface area contributed by atoms with Gasteiger partial charge in [0.15, 0.2) is 5.78 Å². The van der Waals surface area contributed by atoms with Crippen molar-refractivity contribution >= 4 is 15.8 Å². The molecule has 0 atom stereocenters. The molecule has 1 N–H and O–H groups in total. The summed E-state index contributed by atoms with van der Waals surface area (Å²) in [5, 5.41) is 0. The first-order valence-corrected chi connectivity index (χ1v) is 7.98. The number of carbonyl (C=O) groups excluding carboxylic acids is 1. The van der Waals surface area contributed by atoms with Crippen LogP contribution in [0.5, 0.6) is 0 Å². The quantitative estimate of drug-likeness (QED) is 0.814. The molecule has 0 amide bonds. The van der Waals surface area contributed by atoms with Gasteiger partial charge in [0.25, 0.3) is 0 Å². The number of rotatable bonds is 6. The number of sulfonamides is 1. The zero-order valence-corrected chi connectivity index (χ0v) is 12.1. The minimum atomic E-state index is -3.52. The van der Waals surface area contributed by atoms with Gasteiger partial charge >= 0.3 is 0 Å². The Labute approximate surface area is 114 Å². The van der Waals surface area contributed by atoms with Crippen molar-refractivity contribution in [2.75, 3.05) is 6.54 Å². The van der Waals surface area contributed by atoms with Gasteiger partial charge in [-0.15, -0.1) is 0 Å². The largest absolute Gasteiger partial charge is 0.294 e. The van der Waals surface area contributed by atoms with Crippen LogP contribution >= 0.6 is 0 Å². The van der Waals surface area contributed by atoms with Crippen molar-refractivity contribution in [2.45, 2.75) is 38.0 Å². The monoisotopic (exact) mass is 281 g/mol. The molecular weight excluding hydrogens is 262 g/mol. The summed E-state index contributed by atoms with van der Waals surface area (Å²) in [5.74, 6) is -0.0498. The van der Waals surface area contributed by atoms with Crippen LogP contribution in [0, 0.1) is 5.41 Å². The third-order valence-electron chi connectivity index (χ3n) is 3.58. The Morgan fingerprint density at radius 3 is 2.63 bits per heavy atom. The smallest absolute Gasteiger partial charge is 0.240 e. The first-order chi connectivity index (χ1) is 8.86. The van der Waals surface area contributed by atoms with Gasteiger partial charge in [-0.3, -0.25) is 4.79 Å². The lowest BCUT2D eigenvalue weighted by Gasteiger charge is -2.11. The molecule has 0 spiro atoms. The summed E-state index contributed by atoms with van der Waals surface area (Å²) in [6.07, 6.45) is 2.49. The Bertz CT molecular complexity index is 588. The topological polar surface area (TPSA) is 63.2 Å². The summed E-state index contributed by atoms with van der Waals surface area (Å²) in [4.78, 5) is 11.8. The van der Waals surface area contributed by atoms with Gasteiger partial charge in [-0.2, -0.15) is 0 Å². The minimum Gasteiger partial charge on any atom is -0.294 e. The Balaban J connectivity index is 2.17. The fraction of sp³-hybridized carbons (Fsp3) is 0.500. The molecule has 4 nitrogen and oxygen atoms in total. The van der Waals surface area contributed by atoms with E-state index < -0.39 is 10.0 Å². The van der Waals surface area contributed by atoms with E-state index >= 15 is 0 Å². The normalized spacial score (nSPS) is 17.2. The molecular formula is C14H19NO3S. The second-order valence-electron chi connectivity index (χ2n) is 5.44. The molecule has 0 aromatic heterocycles. The maximum atomic E-state index is 12.1. The first-order valence-electron chi connectivity index (χ1n) is 6.49. The highest BCUT2D eigenvalue weighted by atomic mass is 32.2. The number of hydrogen-bond acceptors (Lipinski definition) is 3. The zero-order chi connectivity index (χ0) is 14.1. The van der Waals surface area contributed by atoms with Crippen LogP contribution in [0.3, 0.4) is 0 Å². The summed E-state index contributed by atoms with van der Waals surface area (Å²) < 4.78 is 26.9. The molecule has 0 aliphatic heterocycles. The van der Waals surface area contributed by atoms with Crippen molar-refractivity contribution < 1.29 is 13.2 Å². The molecule has 5 heteroatoms. The molecule has 1 aliphatic rings. The summed E-state index contributed by atoms with van der Waals surface area (Å²) in [6.45, 7) is 4.28. The van der Waals surface area contributed by atoms with Crippen molar-refractivity contribution in [2.24, 2.45) is 5.41 Å². The Hall–Kier alpha value is -1.20. The molecule has 1 saturated carbocycles. The summed E-state index contributed by atoms with van der Waals surface area (Å²) in [7, 11) is -3.52. The van der Waals surface area contributed by atoms with Crippen LogP contribution in [0.1, 0.15) is 43.5 Å². The molecule has 1 fully saturated rings. The fourth-order valence-electron chi connectivity index (χ4n) is 1.78. The highest BCUT2D eigenvalue weighted by Gasteiger charge is 2.38. The van der Waals surface area contributed by atoms with Crippen molar-refractivity contribution in [3.05, 3.63) is 29.8 Å². The standard InChI is InChI=1S/C14H19NO3S/c1-3-13(16)11-5-4-6-12(9-11)19(17,18)15-10-14(2)7-8-14/h4-6,9,15H,3,7-8,10H2,1-2H3. The van der Waals surface area contributed by atoms with Crippen LogP contribution in [-0.2, 0) is 10.0 Å². The second-order valence-corrected chi connectivity index (χ2v) is 7.21. The molecule has 2 rings (SSSR count). The molecule has 0 unspecified atom stereocenters. The predicted molar refractivity (Wildman–Crippen MR) is 73.6 cm³/mol. The fourth-order valence-corrected chi connectivity index (χ4v) is 3.03. The third kappa shape index (κ3) is 3.42. The maximum absolute atomic E-state index is 12.1. The lowest BCUT2D eigenvalue weighted by atomic mass is 10.1. The van der Waals surface area contributed by atoms with Gasteiger partial charge in [-0.25, -0.2) is 13.1 Å².